The van der Waals surface area contributed by atoms with Gasteiger partial charge in [0.2, 0.25) is 0 Å². The summed E-state index contributed by atoms with van der Waals surface area (Å²) in [4.78, 5) is 0. The van der Waals surface area contributed by atoms with Crippen LogP contribution >= 0.6 is 31.9 Å². The largest absolute Gasteiger partial charge is 0.491 e. The lowest BCUT2D eigenvalue weighted by molar-refractivity contribution is 0.268. The normalized spacial score (nSPS) is 10.8. The van der Waals surface area contributed by atoms with E-state index in [0.29, 0.717) is 19.1 Å². The molecule has 15 heavy (non-hydrogen) atoms. The van der Waals surface area contributed by atoms with Crippen molar-refractivity contribution in [3.8, 4) is 5.75 Å². The summed E-state index contributed by atoms with van der Waals surface area (Å²) in [7, 11) is 0. The average Bonchev–Trinajstić information content (AvgIpc) is 2.15. The summed E-state index contributed by atoms with van der Waals surface area (Å²) in [6.07, 6.45) is 0. The molecule has 1 aromatic rings. The summed E-state index contributed by atoms with van der Waals surface area (Å²) in [6, 6.07) is 3.97. The molecule has 0 aliphatic rings. The van der Waals surface area contributed by atoms with Gasteiger partial charge in [0.05, 0.1) is 15.6 Å². The van der Waals surface area contributed by atoms with Crippen molar-refractivity contribution in [2.75, 3.05) is 6.61 Å². The van der Waals surface area contributed by atoms with E-state index in [0.717, 1.165) is 20.3 Å². The van der Waals surface area contributed by atoms with Crippen LogP contribution in [0.5, 0.6) is 5.75 Å². The number of benzene rings is 1. The van der Waals surface area contributed by atoms with E-state index in [9.17, 15) is 0 Å². The van der Waals surface area contributed by atoms with Crippen LogP contribution in [-0.2, 0) is 6.54 Å². The molecule has 0 aliphatic carbocycles. The fourth-order valence-electron chi connectivity index (χ4n) is 1.12. The molecular formula is C11H15Br2NO. The first-order valence-corrected chi connectivity index (χ1v) is 6.44. The van der Waals surface area contributed by atoms with E-state index in [1.54, 1.807) is 0 Å². The van der Waals surface area contributed by atoms with Crippen molar-refractivity contribution < 1.29 is 4.74 Å². The maximum absolute atomic E-state index is 5.69. The monoisotopic (exact) mass is 335 g/mol. The van der Waals surface area contributed by atoms with E-state index in [4.69, 9.17) is 10.5 Å². The van der Waals surface area contributed by atoms with Crippen LogP contribution in [0.3, 0.4) is 0 Å². The first-order chi connectivity index (χ1) is 7.04. The Morgan fingerprint density at radius 2 is 1.80 bits per heavy atom. The molecule has 0 radical (unpaired) electrons. The van der Waals surface area contributed by atoms with E-state index in [1.165, 1.54) is 0 Å². The van der Waals surface area contributed by atoms with Crippen molar-refractivity contribution in [1.82, 2.24) is 0 Å². The molecule has 84 valence electrons. The van der Waals surface area contributed by atoms with Gasteiger partial charge in [-0.05, 0) is 55.5 Å². The van der Waals surface area contributed by atoms with Crippen LogP contribution in [-0.4, -0.2) is 6.61 Å². The lowest BCUT2D eigenvalue weighted by Crippen LogP contribution is -2.06. The Hall–Kier alpha value is -0.0600. The SMILES string of the molecule is CC(C)COc1c(Br)cc(CN)cc1Br. The molecule has 0 fully saturated rings. The van der Waals surface area contributed by atoms with Crippen LogP contribution in [0.2, 0.25) is 0 Å². The second-order valence-electron chi connectivity index (χ2n) is 3.80. The molecule has 2 N–H and O–H groups in total. The fourth-order valence-corrected chi connectivity index (χ4v) is 2.63. The van der Waals surface area contributed by atoms with Crippen LogP contribution in [0, 0.1) is 5.92 Å². The van der Waals surface area contributed by atoms with Crippen LogP contribution < -0.4 is 10.5 Å². The number of ether oxygens (including phenoxy) is 1. The van der Waals surface area contributed by atoms with Crippen molar-refractivity contribution in [2.45, 2.75) is 20.4 Å². The highest BCUT2D eigenvalue weighted by atomic mass is 79.9. The topological polar surface area (TPSA) is 35.2 Å². The Bertz CT molecular complexity index is 316. The molecule has 1 rings (SSSR count). The second-order valence-corrected chi connectivity index (χ2v) is 5.51. The van der Waals surface area contributed by atoms with Crippen molar-refractivity contribution in [3.05, 3.63) is 26.6 Å². The standard InChI is InChI=1S/C11H15Br2NO/c1-7(2)6-15-11-9(12)3-8(5-14)4-10(11)13/h3-4,7H,5-6,14H2,1-2H3. The van der Waals surface area contributed by atoms with E-state index in [2.05, 4.69) is 45.7 Å². The van der Waals surface area contributed by atoms with Crippen molar-refractivity contribution in [1.29, 1.82) is 0 Å². The van der Waals surface area contributed by atoms with Crippen LogP contribution in [0.4, 0.5) is 0 Å². The summed E-state index contributed by atoms with van der Waals surface area (Å²) < 4.78 is 7.58. The Kier molecular flexibility index (Phi) is 5.09. The molecule has 0 aliphatic heterocycles. The van der Waals surface area contributed by atoms with Crippen molar-refractivity contribution >= 4 is 31.9 Å². The maximum Gasteiger partial charge on any atom is 0.147 e. The molecule has 0 bridgehead atoms. The van der Waals surface area contributed by atoms with Gasteiger partial charge in [0.15, 0.2) is 0 Å². The lowest BCUT2D eigenvalue weighted by atomic mass is 10.2. The minimum absolute atomic E-state index is 0.512. The first-order valence-electron chi connectivity index (χ1n) is 4.85. The maximum atomic E-state index is 5.69. The predicted molar refractivity (Wildman–Crippen MR) is 70.1 cm³/mol. The molecule has 0 heterocycles. The van der Waals surface area contributed by atoms with Gasteiger partial charge in [0, 0.05) is 6.54 Å². The lowest BCUT2D eigenvalue weighted by Gasteiger charge is -2.13. The van der Waals surface area contributed by atoms with Crippen molar-refractivity contribution in [3.63, 3.8) is 0 Å². The van der Waals surface area contributed by atoms with Gasteiger partial charge in [-0.3, -0.25) is 0 Å². The van der Waals surface area contributed by atoms with E-state index in [-0.39, 0.29) is 0 Å². The summed E-state index contributed by atoms with van der Waals surface area (Å²) >= 11 is 6.96. The molecule has 0 amide bonds. The molecule has 0 unspecified atom stereocenters. The van der Waals surface area contributed by atoms with Gasteiger partial charge in [0.1, 0.15) is 5.75 Å². The van der Waals surface area contributed by atoms with Gasteiger partial charge in [0.25, 0.3) is 0 Å². The number of nitrogens with two attached hydrogens (primary N) is 1. The van der Waals surface area contributed by atoms with Gasteiger partial charge in [-0.2, -0.15) is 0 Å². The van der Waals surface area contributed by atoms with Gasteiger partial charge in [-0.15, -0.1) is 0 Å². The molecule has 0 spiro atoms. The quantitative estimate of drug-likeness (QED) is 0.909. The highest BCUT2D eigenvalue weighted by Gasteiger charge is 2.09. The van der Waals surface area contributed by atoms with Gasteiger partial charge < -0.3 is 10.5 Å². The first kappa shape index (κ1) is 13.0. The molecule has 0 saturated carbocycles. The smallest absolute Gasteiger partial charge is 0.147 e. The summed E-state index contributed by atoms with van der Waals surface area (Å²) in [5.41, 5.74) is 6.65. The Labute approximate surface area is 107 Å². The van der Waals surface area contributed by atoms with Crippen LogP contribution in [0.15, 0.2) is 21.1 Å². The highest BCUT2D eigenvalue weighted by Crippen LogP contribution is 2.34. The molecule has 4 heteroatoms. The summed E-state index contributed by atoms with van der Waals surface area (Å²) in [5, 5.41) is 0. The zero-order chi connectivity index (χ0) is 11.4. The Morgan fingerprint density at radius 1 is 1.27 bits per heavy atom. The van der Waals surface area contributed by atoms with E-state index < -0.39 is 0 Å². The summed E-state index contributed by atoms with van der Waals surface area (Å²) in [6.45, 7) is 5.48. The van der Waals surface area contributed by atoms with E-state index >= 15 is 0 Å². The predicted octanol–water partition coefficient (Wildman–Crippen LogP) is 3.71. The number of hydrogen-bond acceptors (Lipinski definition) is 2. The molecule has 0 atom stereocenters. The molecule has 2 nitrogen and oxygen atoms in total. The third kappa shape index (κ3) is 3.78. The molecule has 0 aromatic heterocycles. The average molecular weight is 337 g/mol. The van der Waals surface area contributed by atoms with Gasteiger partial charge in [-0.25, -0.2) is 0 Å². The van der Waals surface area contributed by atoms with E-state index in [1.807, 2.05) is 12.1 Å². The number of halogens is 2. The number of hydrogen-bond donors (Lipinski definition) is 1. The highest BCUT2D eigenvalue weighted by molar-refractivity contribution is 9.11. The van der Waals surface area contributed by atoms with Crippen LogP contribution in [0.1, 0.15) is 19.4 Å². The minimum atomic E-state index is 0.512. The van der Waals surface area contributed by atoms with Gasteiger partial charge >= 0.3 is 0 Å². The Balaban J connectivity index is 2.88. The second kappa shape index (κ2) is 5.87. The zero-order valence-corrected chi connectivity index (χ0v) is 12.1. The molecular weight excluding hydrogens is 322 g/mol. The third-order valence-electron chi connectivity index (χ3n) is 1.85. The zero-order valence-electron chi connectivity index (χ0n) is 8.89. The fraction of sp³-hybridized carbons (Fsp3) is 0.455. The van der Waals surface area contributed by atoms with Crippen LogP contribution in [0.25, 0.3) is 0 Å². The third-order valence-corrected chi connectivity index (χ3v) is 3.03. The molecule has 1 aromatic carbocycles. The summed E-state index contributed by atoms with van der Waals surface area (Å²) in [5.74, 6) is 1.36. The van der Waals surface area contributed by atoms with Crippen molar-refractivity contribution in [2.24, 2.45) is 11.7 Å². The minimum Gasteiger partial charge on any atom is -0.491 e. The Morgan fingerprint density at radius 3 is 2.20 bits per heavy atom. The van der Waals surface area contributed by atoms with Gasteiger partial charge in [-0.1, -0.05) is 13.8 Å². The molecule has 0 saturated heterocycles. The number of rotatable bonds is 4.